The van der Waals surface area contributed by atoms with Crippen LogP contribution in [0.1, 0.15) is 26.2 Å². The van der Waals surface area contributed by atoms with E-state index >= 15 is 0 Å². The third kappa shape index (κ3) is 5.15. The topological polar surface area (TPSA) is 85.0 Å². The monoisotopic (exact) mass is 293 g/mol. The molecule has 21 heavy (non-hydrogen) atoms. The van der Waals surface area contributed by atoms with Crippen molar-refractivity contribution in [1.29, 1.82) is 0 Å². The molecule has 1 aromatic carbocycles. The number of hydrogen-bond acceptors (Lipinski definition) is 6. The maximum absolute atomic E-state index is 12.1. The molecule has 0 radical (unpaired) electrons. The molecular weight excluding hydrogens is 270 g/mol. The maximum atomic E-state index is 12.1. The van der Waals surface area contributed by atoms with Gasteiger partial charge in [0.2, 0.25) is 0 Å². The highest BCUT2D eigenvalue weighted by atomic mass is 16.5. The van der Waals surface area contributed by atoms with Crippen LogP contribution in [-0.2, 0) is 9.53 Å². The number of benzene rings is 1. The van der Waals surface area contributed by atoms with Gasteiger partial charge in [0.1, 0.15) is 11.7 Å². The van der Waals surface area contributed by atoms with Gasteiger partial charge < -0.3 is 15.4 Å². The van der Waals surface area contributed by atoms with E-state index in [0.717, 1.165) is 18.5 Å². The average Bonchev–Trinajstić information content (AvgIpc) is 2.51. The van der Waals surface area contributed by atoms with Crippen molar-refractivity contribution in [1.82, 2.24) is 0 Å². The minimum atomic E-state index is -0.355. The lowest BCUT2D eigenvalue weighted by Gasteiger charge is -2.28. The second kappa shape index (κ2) is 9.07. The summed E-state index contributed by atoms with van der Waals surface area (Å²) in [5, 5.41) is 2.87. The van der Waals surface area contributed by atoms with Crippen LogP contribution in [0.15, 0.2) is 29.4 Å². The summed E-state index contributed by atoms with van der Waals surface area (Å²) in [4.78, 5) is 24.4. The molecule has 0 aliphatic carbocycles. The van der Waals surface area contributed by atoms with E-state index in [2.05, 4.69) is 5.18 Å². The molecule has 0 saturated heterocycles. The van der Waals surface area contributed by atoms with Crippen LogP contribution in [0.5, 0.6) is 0 Å². The summed E-state index contributed by atoms with van der Waals surface area (Å²) in [6.07, 6.45) is 2.41. The molecule has 0 aliphatic heterocycles. The van der Waals surface area contributed by atoms with Gasteiger partial charge in [-0.05, 0) is 62.2 Å². The zero-order valence-corrected chi connectivity index (χ0v) is 12.6. The Morgan fingerprint density at radius 2 is 2.00 bits per heavy atom. The summed E-state index contributed by atoms with van der Waals surface area (Å²) in [6, 6.07) is 6.44. The number of rotatable bonds is 9. The fourth-order valence-corrected chi connectivity index (χ4v) is 2.12. The van der Waals surface area contributed by atoms with Crippen LogP contribution >= 0.6 is 0 Å². The zero-order valence-electron chi connectivity index (χ0n) is 12.6. The van der Waals surface area contributed by atoms with Gasteiger partial charge in [0, 0.05) is 12.7 Å². The van der Waals surface area contributed by atoms with Crippen LogP contribution in [0.25, 0.3) is 0 Å². The normalized spacial score (nSPS) is 11.8. The van der Waals surface area contributed by atoms with Crippen LogP contribution in [0.2, 0.25) is 0 Å². The van der Waals surface area contributed by atoms with Gasteiger partial charge in [0.25, 0.3) is 0 Å². The van der Waals surface area contributed by atoms with Crippen molar-refractivity contribution in [2.45, 2.75) is 32.2 Å². The van der Waals surface area contributed by atoms with Gasteiger partial charge in [-0.15, -0.1) is 4.91 Å². The first-order chi connectivity index (χ1) is 10.1. The summed E-state index contributed by atoms with van der Waals surface area (Å²) in [7, 11) is 1.84. The number of ether oxygens (including phenoxy) is 1. The molecule has 6 heteroatoms. The number of esters is 1. The molecule has 0 aromatic heterocycles. The quantitative estimate of drug-likeness (QED) is 0.429. The van der Waals surface area contributed by atoms with Gasteiger partial charge in [-0.3, -0.25) is 0 Å². The van der Waals surface area contributed by atoms with E-state index in [1.165, 1.54) is 0 Å². The number of likely N-dealkylation sites (N-methyl/N-ethyl adjacent to an activating group) is 1. The molecule has 0 amide bonds. The van der Waals surface area contributed by atoms with Gasteiger partial charge in [0.05, 0.1) is 6.61 Å². The molecule has 0 saturated carbocycles. The predicted molar refractivity (Wildman–Crippen MR) is 83.6 cm³/mol. The highest BCUT2D eigenvalue weighted by molar-refractivity contribution is 5.80. The number of unbranched alkanes of at least 4 members (excludes halogenated alkanes) is 1. The minimum absolute atomic E-state index is 0.241. The van der Waals surface area contributed by atoms with Crippen molar-refractivity contribution >= 4 is 17.3 Å². The molecule has 2 N–H and O–H groups in total. The lowest BCUT2D eigenvalue weighted by atomic mass is 10.1. The standard InChI is InChI=1S/C15H23N3O3/c1-3-21-15(19)14(6-4-5-11-16)18(2)13-9-7-12(17-20)8-10-13/h7-10,14H,3-6,11,16H2,1-2H3/t14-/m0/s1. The van der Waals surface area contributed by atoms with Crippen LogP contribution < -0.4 is 10.6 Å². The Labute approximate surface area is 125 Å². The van der Waals surface area contributed by atoms with Crippen molar-refractivity contribution < 1.29 is 9.53 Å². The zero-order chi connectivity index (χ0) is 15.7. The molecule has 6 nitrogen and oxygen atoms in total. The van der Waals surface area contributed by atoms with Crippen molar-refractivity contribution in [2.24, 2.45) is 10.9 Å². The van der Waals surface area contributed by atoms with Crippen LogP contribution in [0.3, 0.4) is 0 Å². The molecule has 1 aromatic rings. The third-order valence-electron chi connectivity index (χ3n) is 3.32. The molecule has 1 rings (SSSR count). The number of anilines is 1. The molecule has 0 spiro atoms. The van der Waals surface area contributed by atoms with Gasteiger partial charge in [0.15, 0.2) is 0 Å². The number of carbonyl (C=O) groups is 1. The first kappa shape index (κ1) is 17.1. The fourth-order valence-electron chi connectivity index (χ4n) is 2.12. The largest absolute Gasteiger partial charge is 0.464 e. The van der Waals surface area contributed by atoms with E-state index in [-0.39, 0.29) is 12.0 Å². The maximum Gasteiger partial charge on any atom is 0.328 e. The third-order valence-corrected chi connectivity index (χ3v) is 3.32. The molecule has 0 heterocycles. The van der Waals surface area contributed by atoms with E-state index < -0.39 is 0 Å². The molecular formula is C15H23N3O3. The Kier molecular flexibility index (Phi) is 7.39. The Morgan fingerprint density at radius 1 is 1.33 bits per heavy atom. The molecule has 0 bridgehead atoms. The van der Waals surface area contributed by atoms with Gasteiger partial charge in [-0.25, -0.2) is 4.79 Å². The summed E-state index contributed by atoms with van der Waals surface area (Å²) < 4.78 is 5.14. The Hall–Kier alpha value is -1.95. The van der Waals surface area contributed by atoms with E-state index in [1.54, 1.807) is 31.2 Å². The fraction of sp³-hybridized carbons (Fsp3) is 0.533. The Morgan fingerprint density at radius 3 is 2.52 bits per heavy atom. The van der Waals surface area contributed by atoms with Crippen molar-refractivity contribution in [3.8, 4) is 0 Å². The number of carbonyl (C=O) groups excluding carboxylic acids is 1. The highest BCUT2D eigenvalue weighted by Crippen LogP contribution is 2.22. The molecule has 116 valence electrons. The van der Waals surface area contributed by atoms with E-state index in [9.17, 15) is 9.70 Å². The summed E-state index contributed by atoms with van der Waals surface area (Å²) in [5.74, 6) is -0.241. The van der Waals surface area contributed by atoms with Gasteiger partial charge in [-0.1, -0.05) is 0 Å². The number of nitrogens with two attached hydrogens (primary N) is 1. The number of nitroso groups, excluding NO2 is 1. The van der Waals surface area contributed by atoms with Crippen molar-refractivity contribution in [3.63, 3.8) is 0 Å². The molecule has 0 fully saturated rings. The summed E-state index contributed by atoms with van der Waals surface area (Å²) >= 11 is 0. The van der Waals surface area contributed by atoms with Crippen LogP contribution in [0.4, 0.5) is 11.4 Å². The SMILES string of the molecule is CCOC(=O)[C@H](CCCCN)N(C)c1ccc(N=O)cc1. The first-order valence-electron chi connectivity index (χ1n) is 7.17. The summed E-state index contributed by atoms with van der Waals surface area (Å²) in [5.41, 5.74) is 6.70. The van der Waals surface area contributed by atoms with Crippen LogP contribution in [0, 0.1) is 4.91 Å². The van der Waals surface area contributed by atoms with Crippen molar-refractivity contribution in [2.75, 3.05) is 25.1 Å². The van der Waals surface area contributed by atoms with Gasteiger partial charge >= 0.3 is 5.97 Å². The predicted octanol–water partition coefficient (Wildman–Crippen LogP) is 2.58. The Bertz CT molecular complexity index is 448. The molecule has 0 unspecified atom stereocenters. The summed E-state index contributed by atoms with van der Waals surface area (Å²) in [6.45, 7) is 2.76. The number of hydrogen-bond donors (Lipinski definition) is 1. The first-order valence-corrected chi connectivity index (χ1v) is 7.17. The second-order valence-corrected chi connectivity index (χ2v) is 4.77. The Balaban J connectivity index is 2.83. The highest BCUT2D eigenvalue weighted by Gasteiger charge is 2.24. The van der Waals surface area contributed by atoms with E-state index in [1.807, 2.05) is 11.9 Å². The lowest BCUT2D eigenvalue weighted by molar-refractivity contribution is -0.144. The van der Waals surface area contributed by atoms with Crippen LogP contribution in [-0.4, -0.2) is 32.2 Å². The van der Waals surface area contributed by atoms with E-state index in [0.29, 0.717) is 25.3 Å². The lowest BCUT2D eigenvalue weighted by Crippen LogP contribution is -2.40. The average molecular weight is 293 g/mol. The van der Waals surface area contributed by atoms with E-state index in [4.69, 9.17) is 10.5 Å². The smallest absolute Gasteiger partial charge is 0.328 e. The minimum Gasteiger partial charge on any atom is -0.464 e. The molecule has 1 atom stereocenters. The molecule has 0 aliphatic rings. The number of nitrogens with zero attached hydrogens (tertiary/aromatic N) is 2. The van der Waals surface area contributed by atoms with Gasteiger partial charge in [-0.2, -0.15) is 0 Å². The second-order valence-electron chi connectivity index (χ2n) is 4.77. The van der Waals surface area contributed by atoms with Crippen molar-refractivity contribution in [3.05, 3.63) is 29.2 Å².